The number of carbonyl (C=O) groups excluding carboxylic acids is 1. The number of aryl methyl sites for hydroxylation is 1. The molecule has 1 heterocycles. The average Bonchev–Trinajstić information content (AvgIpc) is 2.55. The fourth-order valence-electron chi connectivity index (χ4n) is 3.31. The lowest BCUT2D eigenvalue weighted by atomic mass is 9.87. The van der Waals surface area contributed by atoms with Crippen LogP contribution in [0, 0.1) is 18.7 Å². The molecule has 0 bridgehead atoms. The monoisotopic (exact) mass is 334 g/mol. The van der Waals surface area contributed by atoms with E-state index in [1.807, 2.05) is 19.9 Å². The molecular formula is C20H31FN2O. The lowest BCUT2D eigenvalue weighted by Crippen LogP contribution is -2.50. The van der Waals surface area contributed by atoms with Gasteiger partial charge in [-0.1, -0.05) is 26.0 Å². The number of nitrogens with zero attached hydrogens (tertiary/aromatic N) is 2. The number of halogens is 1. The van der Waals surface area contributed by atoms with E-state index < -0.39 is 0 Å². The van der Waals surface area contributed by atoms with Crippen LogP contribution in [-0.2, 0) is 4.79 Å². The first-order valence-electron chi connectivity index (χ1n) is 9.05. The lowest BCUT2D eigenvalue weighted by molar-refractivity contribution is -0.124. The zero-order chi connectivity index (χ0) is 17.9. The Morgan fingerprint density at radius 1 is 1.12 bits per heavy atom. The summed E-state index contributed by atoms with van der Waals surface area (Å²) < 4.78 is 14.0. The molecule has 2 rings (SSSR count). The SMILES string of the molecule is Cc1ccc([C@H](CN2CCN(C(C)C)CC2)C(=O)C(C)C)cc1F. The fraction of sp³-hybridized carbons (Fsp3) is 0.650. The van der Waals surface area contributed by atoms with E-state index in [4.69, 9.17) is 0 Å². The molecule has 0 N–H and O–H groups in total. The van der Waals surface area contributed by atoms with Crippen LogP contribution in [0.4, 0.5) is 4.39 Å². The number of benzene rings is 1. The second kappa shape index (κ2) is 8.21. The molecule has 1 aliphatic rings. The van der Waals surface area contributed by atoms with Crippen LogP contribution in [-0.4, -0.2) is 54.3 Å². The zero-order valence-corrected chi connectivity index (χ0v) is 15.7. The maximum absolute atomic E-state index is 14.0. The van der Waals surface area contributed by atoms with E-state index >= 15 is 0 Å². The van der Waals surface area contributed by atoms with Crippen molar-refractivity contribution in [3.8, 4) is 0 Å². The standard InChI is InChI=1S/C20H31FN2O/c1-14(2)20(24)18(17-7-6-16(5)19(21)12-17)13-22-8-10-23(11-9-22)15(3)4/h6-7,12,14-15,18H,8-11,13H2,1-5H3/t18-/m0/s1. The molecule has 3 nitrogen and oxygen atoms in total. The Morgan fingerprint density at radius 2 is 1.75 bits per heavy atom. The minimum Gasteiger partial charge on any atom is -0.300 e. The molecule has 1 aliphatic heterocycles. The van der Waals surface area contributed by atoms with Gasteiger partial charge < -0.3 is 0 Å². The first-order valence-corrected chi connectivity index (χ1v) is 9.05. The number of Topliss-reactive ketones (excluding diaryl/α,β-unsaturated/α-hetero) is 1. The third-order valence-electron chi connectivity index (χ3n) is 5.09. The number of rotatable bonds is 6. The van der Waals surface area contributed by atoms with Crippen LogP contribution in [0.15, 0.2) is 18.2 Å². The van der Waals surface area contributed by atoms with Gasteiger partial charge in [0.1, 0.15) is 11.6 Å². The Labute approximate surface area is 145 Å². The molecular weight excluding hydrogens is 303 g/mol. The van der Waals surface area contributed by atoms with Gasteiger partial charge in [0.25, 0.3) is 0 Å². The third-order valence-corrected chi connectivity index (χ3v) is 5.09. The summed E-state index contributed by atoms with van der Waals surface area (Å²) in [6, 6.07) is 5.80. The summed E-state index contributed by atoms with van der Waals surface area (Å²) >= 11 is 0. The minimum atomic E-state index is -0.245. The van der Waals surface area contributed by atoms with E-state index in [2.05, 4.69) is 23.6 Å². The maximum atomic E-state index is 14.0. The van der Waals surface area contributed by atoms with Crippen molar-refractivity contribution in [1.82, 2.24) is 9.80 Å². The van der Waals surface area contributed by atoms with Gasteiger partial charge in [0.15, 0.2) is 0 Å². The van der Waals surface area contributed by atoms with Crippen LogP contribution < -0.4 is 0 Å². The Kier molecular flexibility index (Phi) is 6.53. The van der Waals surface area contributed by atoms with Crippen molar-refractivity contribution < 1.29 is 9.18 Å². The smallest absolute Gasteiger partial charge is 0.144 e. The highest BCUT2D eigenvalue weighted by Gasteiger charge is 2.28. The summed E-state index contributed by atoms with van der Waals surface area (Å²) in [4.78, 5) is 17.5. The Bertz CT molecular complexity index is 563. The second-order valence-corrected chi connectivity index (χ2v) is 7.55. The summed E-state index contributed by atoms with van der Waals surface area (Å²) in [5.41, 5.74) is 1.43. The van der Waals surface area contributed by atoms with Crippen molar-refractivity contribution in [3.63, 3.8) is 0 Å². The van der Waals surface area contributed by atoms with Gasteiger partial charge >= 0.3 is 0 Å². The van der Waals surface area contributed by atoms with E-state index in [1.54, 1.807) is 19.1 Å². The third kappa shape index (κ3) is 4.64. The minimum absolute atomic E-state index is 0.0451. The summed E-state index contributed by atoms with van der Waals surface area (Å²) in [6.07, 6.45) is 0. The molecule has 0 radical (unpaired) electrons. The van der Waals surface area contributed by atoms with Gasteiger partial charge in [0.05, 0.1) is 5.92 Å². The van der Waals surface area contributed by atoms with Crippen LogP contribution in [0.1, 0.15) is 44.7 Å². The van der Waals surface area contributed by atoms with Gasteiger partial charge in [-0.3, -0.25) is 14.6 Å². The van der Waals surface area contributed by atoms with Crippen molar-refractivity contribution >= 4 is 5.78 Å². The first kappa shape index (κ1) is 19.1. The molecule has 1 aromatic carbocycles. The van der Waals surface area contributed by atoms with Gasteiger partial charge in [0.2, 0.25) is 0 Å². The van der Waals surface area contributed by atoms with Gasteiger partial charge in [-0.15, -0.1) is 0 Å². The molecule has 0 spiro atoms. The number of piperazine rings is 1. The fourth-order valence-corrected chi connectivity index (χ4v) is 3.31. The first-order chi connectivity index (χ1) is 11.3. The quantitative estimate of drug-likeness (QED) is 0.796. The molecule has 1 aromatic rings. The van der Waals surface area contributed by atoms with Crippen molar-refractivity contribution in [1.29, 1.82) is 0 Å². The van der Waals surface area contributed by atoms with E-state index in [9.17, 15) is 9.18 Å². The number of ketones is 1. The van der Waals surface area contributed by atoms with Crippen LogP contribution in [0.5, 0.6) is 0 Å². The van der Waals surface area contributed by atoms with Crippen LogP contribution in [0.2, 0.25) is 0 Å². The Balaban J connectivity index is 2.13. The molecule has 134 valence electrons. The number of carbonyl (C=O) groups is 1. The molecule has 1 fully saturated rings. The molecule has 24 heavy (non-hydrogen) atoms. The highest BCUT2D eigenvalue weighted by Crippen LogP contribution is 2.24. The van der Waals surface area contributed by atoms with E-state index in [0.717, 1.165) is 31.7 Å². The molecule has 0 saturated carbocycles. The highest BCUT2D eigenvalue weighted by atomic mass is 19.1. The van der Waals surface area contributed by atoms with E-state index in [1.165, 1.54) is 0 Å². The van der Waals surface area contributed by atoms with Crippen molar-refractivity contribution in [2.45, 2.75) is 46.6 Å². The Morgan fingerprint density at radius 3 is 2.25 bits per heavy atom. The topological polar surface area (TPSA) is 23.6 Å². The van der Waals surface area contributed by atoms with Gasteiger partial charge in [0, 0.05) is 44.7 Å². The Hall–Kier alpha value is -1.26. The predicted molar refractivity (Wildman–Crippen MR) is 96.9 cm³/mol. The summed E-state index contributed by atoms with van der Waals surface area (Å²) in [5, 5.41) is 0. The normalized spacial score (nSPS) is 18.3. The lowest BCUT2D eigenvalue weighted by Gasteiger charge is -2.38. The second-order valence-electron chi connectivity index (χ2n) is 7.55. The predicted octanol–water partition coefficient (Wildman–Crippen LogP) is 3.47. The molecule has 1 atom stereocenters. The van der Waals surface area contributed by atoms with Crippen molar-refractivity contribution in [3.05, 3.63) is 35.1 Å². The van der Waals surface area contributed by atoms with E-state index in [0.29, 0.717) is 18.2 Å². The van der Waals surface area contributed by atoms with Crippen molar-refractivity contribution in [2.24, 2.45) is 5.92 Å². The molecule has 0 unspecified atom stereocenters. The highest BCUT2D eigenvalue weighted by molar-refractivity contribution is 5.87. The summed E-state index contributed by atoms with van der Waals surface area (Å²) in [6.45, 7) is 14.7. The maximum Gasteiger partial charge on any atom is 0.144 e. The van der Waals surface area contributed by atoms with Gasteiger partial charge in [-0.05, 0) is 38.0 Å². The summed E-state index contributed by atoms with van der Waals surface area (Å²) in [7, 11) is 0. The van der Waals surface area contributed by atoms with Gasteiger partial charge in [-0.2, -0.15) is 0 Å². The molecule has 4 heteroatoms. The molecule has 0 aromatic heterocycles. The number of hydrogen-bond donors (Lipinski definition) is 0. The molecule has 1 saturated heterocycles. The van der Waals surface area contributed by atoms with Crippen LogP contribution in [0.3, 0.4) is 0 Å². The molecule has 0 amide bonds. The zero-order valence-electron chi connectivity index (χ0n) is 15.7. The summed E-state index contributed by atoms with van der Waals surface area (Å²) in [5.74, 6) is -0.315. The number of hydrogen-bond acceptors (Lipinski definition) is 3. The van der Waals surface area contributed by atoms with Crippen LogP contribution in [0.25, 0.3) is 0 Å². The average molecular weight is 334 g/mol. The van der Waals surface area contributed by atoms with Crippen LogP contribution >= 0.6 is 0 Å². The van der Waals surface area contributed by atoms with Gasteiger partial charge in [-0.25, -0.2) is 4.39 Å². The molecule has 0 aliphatic carbocycles. The van der Waals surface area contributed by atoms with E-state index in [-0.39, 0.29) is 23.4 Å². The van der Waals surface area contributed by atoms with Crippen molar-refractivity contribution in [2.75, 3.05) is 32.7 Å². The largest absolute Gasteiger partial charge is 0.300 e.